The molecule has 0 spiro atoms. The number of nitrogens with zero attached hydrogens (tertiary/aromatic N) is 6. The molecule has 2 unspecified atom stereocenters. The van der Waals surface area contributed by atoms with Crippen molar-refractivity contribution in [3.63, 3.8) is 0 Å². The maximum atomic E-state index is 14.0. The minimum absolute atomic E-state index is 0.0609. The Kier molecular flexibility index (Phi) is 33.3. The molecule has 0 saturated carbocycles. The van der Waals surface area contributed by atoms with Crippen molar-refractivity contribution in [2.24, 2.45) is 22.7 Å². The number of hydrogen-bond acceptors (Lipinski definition) is 21. The largest absolute Gasteiger partial charge is 0.486 e. The molecule has 0 aliphatic carbocycles. The normalized spacial score (nSPS) is 20.1. The number of rotatable bonds is 20. The van der Waals surface area contributed by atoms with E-state index in [1.54, 1.807) is 123 Å². The second-order valence-electron chi connectivity index (χ2n) is 34.2. The second-order valence-corrected chi connectivity index (χ2v) is 35.1. The number of benzene rings is 2. The number of alkyl carbamates (subject to hydrolysis) is 2. The lowest BCUT2D eigenvalue weighted by Crippen LogP contribution is -2.62. The van der Waals surface area contributed by atoms with Crippen molar-refractivity contribution in [1.29, 1.82) is 0 Å². The molecule has 5 fully saturated rings. The van der Waals surface area contributed by atoms with E-state index in [1.165, 1.54) is 24.2 Å². The Morgan fingerprint density at radius 2 is 0.921 bits per heavy atom. The number of pyridine rings is 2. The van der Waals surface area contributed by atoms with Crippen LogP contribution in [0.3, 0.4) is 0 Å². The number of methoxy groups -OCH3 is 2. The third kappa shape index (κ3) is 25.9. The van der Waals surface area contributed by atoms with E-state index in [0.29, 0.717) is 51.9 Å². The number of aromatic nitrogens is 2. The molecule has 0 bridgehead atoms. The Hall–Kier alpha value is -8.62. The number of ether oxygens (including phenoxy) is 4. The summed E-state index contributed by atoms with van der Waals surface area (Å²) in [6.45, 7) is 37.9. The number of hydrazine groups is 2. The molecule has 7 heterocycles. The Balaban J connectivity index is 0.000000289. The summed E-state index contributed by atoms with van der Waals surface area (Å²) in [7, 11) is 3.32. The van der Waals surface area contributed by atoms with Gasteiger partial charge in [0.15, 0.2) is 0 Å². The van der Waals surface area contributed by atoms with Gasteiger partial charge < -0.3 is 64.4 Å². The van der Waals surface area contributed by atoms with Crippen molar-refractivity contribution in [3.05, 3.63) is 100 Å². The summed E-state index contributed by atoms with van der Waals surface area (Å²) in [5, 5.41) is 22.5. The lowest BCUT2D eigenvalue weighted by Gasteiger charge is -2.37. The van der Waals surface area contributed by atoms with Crippen molar-refractivity contribution in [2.45, 2.75) is 261 Å². The van der Waals surface area contributed by atoms with Crippen LogP contribution in [-0.4, -0.2) is 208 Å². The highest BCUT2D eigenvalue weighted by molar-refractivity contribution is 9.10. The highest BCUT2D eigenvalue weighted by atomic mass is 79.9. The summed E-state index contributed by atoms with van der Waals surface area (Å²) in [6, 6.07) is 14.8. The van der Waals surface area contributed by atoms with E-state index in [0.717, 1.165) is 76.0 Å². The number of esters is 2. The van der Waals surface area contributed by atoms with Crippen LogP contribution in [0.5, 0.6) is 0 Å². The first-order chi connectivity index (χ1) is 53.1. The molecule has 9 rings (SSSR count). The van der Waals surface area contributed by atoms with Gasteiger partial charge in [-0.15, -0.1) is 0 Å². The standard InChI is InChI=1S/C38H54N6O7.C31H43BrN6O5.C13H23BO4.CH4O/c1-23(2)31(41-36(49)51-37(4,5)6)32(45)39-24(3)33(46)44-21-10-12-28(42-44)34(47)43-20-11-13-30(43)27-17-16-26-15-14-25(22-29(26)40-27)18-19-38(7,8)35(48)50-9;1-18(2)26(35-30(42)43-31(4,5)6)27(39)33-19(3)28(40)38-16-7-9-23(36-38)29(41)37-15-8-10-25(37)22-14-12-20-11-13-21(32)17-24(20)34-22;1-11(2,10(15)16-7)8-9-14-17-12(3,4)13(5,6)18-14;1-2/h14-19,22-24,28,30-31,42H,10-13,20-21H2,1-9H3,(H,39,45)(H,41,49);11-14,17-19,23,25-26,36H,7-10,15-16H2,1-6H3,(H,33,39)(H,35,42);8-9H,1-7H3;2H,1H3/b19-18+;;9-8+;/t24-,28-,30?,31-;19-,23-,25?,26-;;/m00../s1. The van der Waals surface area contributed by atoms with Crippen LogP contribution in [0.1, 0.15) is 219 Å². The number of aliphatic hydroxyl groups is 1. The van der Waals surface area contributed by atoms with Crippen LogP contribution in [0.4, 0.5) is 9.59 Å². The summed E-state index contributed by atoms with van der Waals surface area (Å²) in [5.74, 6) is -1.22. The Morgan fingerprint density at radius 3 is 1.32 bits per heavy atom. The molecule has 5 aliphatic heterocycles. The van der Waals surface area contributed by atoms with Crippen LogP contribution < -0.4 is 32.1 Å². The summed E-state index contributed by atoms with van der Waals surface area (Å²) < 4.78 is 32.8. The van der Waals surface area contributed by atoms with Gasteiger partial charge in [0.25, 0.3) is 11.8 Å². The molecule has 2 aromatic carbocycles. The highest BCUT2D eigenvalue weighted by Crippen LogP contribution is 2.39. The summed E-state index contributed by atoms with van der Waals surface area (Å²) in [6.07, 6.45) is 9.75. The van der Waals surface area contributed by atoms with Gasteiger partial charge in [-0.05, 0) is 210 Å². The van der Waals surface area contributed by atoms with Crippen molar-refractivity contribution < 1.29 is 81.3 Å². The minimum atomic E-state index is -0.909. The SMILES string of the molecule is CC(C)[C@H](NC(=O)OC(C)(C)C)C(=O)N[C@@H](C)C(=O)N1CCC[C@@H](C(=O)N2CCCC2c2ccc3ccc(Br)cc3n2)N1.CO.COC(=O)C(C)(C)/C=C/B1OC(C)(C)C(C)(C)O1.COC(=O)C(C)(C)/C=C/c1ccc2ccc(C3CCCN3C(=O)[C@@H]3CCCN(C(=O)[C@H](C)NC(=O)[C@@H](NC(=O)OC(C)(C)C)C(C)C)N3)nc2c1. The molecular formula is C83H124BBrN12O17. The number of amides is 8. The van der Waals surface area contributed by atoms with Gasteiger partial charge >= 0.3 is 31.2 Å². The predicted molar refractivity (Wildman–Crippen MR) is 439 cm³/mol. The van der Waals surface area contributed by atoms with Crippen LogP contribution in [-0.2, 0) is 66.6 Å². The fourth-order valence-corrected chi connectivity index (χ4v) is 13.8. The number of fused-ring (bicyclic) bond motifs is 2. The summed E-state index contributed by atoms with van der Waals surface area (Å²) >= 11 is 3.51. The molecule has 31 heteroatoms. The van der Waals surface area contributed by atoms with Gasteiger partial charge in [-0.2, -0.15) is 0 Å². The number of nitrogens with one attached hydrogen (secondary N) is 6. The maximum absolute atomic E-state index is 14.0. The molecule has 8 atom stereocenters. The molecule has 5 saturated heterocycles. The quantitative estimate of drug-likeness (QED) is 0.0245. The van der Waals surface area contributed by atoms with Crippen molar-refractivity contribution in [3.8, 4) is 0 Å². The van der Waals surface area contributed by atoms with Gasteiger partial charge in [-0.1, -0.05) is 98.2 Å². The fourth-order valence-electron chi connectivity index (χ4n) is 13.4. The highest BCUT2D eigenvalue weighted by Gasteiger charge is 2.51. The van der Waals surface area contributed by atoms with Crippen LogP contribution in [0, 0.1) is 22.7 Å². The number of carbonyl (C=O) groups excluding carboxylic acids is 10. The van der Waals surface area contributed by atoms with E-state index >= 15 is 0 Å². The minimum Gasteiger partial charge on any atom is -0.468 e. The number of hydrogen-bond donors (Lipinski definition) is 7. The smallest absolute Gasteiger partial charge is 0.468 e. The lowest BCUT2D eigenvalue weighted by atomic mass is 9.83. The number of halogens is 1. The zero-order valence-corrected chi connectivity index (χ0v) is 72.5. The Bertz CT molecular complexity index is 4100. The number of carbonyl (C=O) groups is 10. The average molecular weight is 1650 g/mol. The zero-order valence-electron chi connectivity index (χ0n) is 71.0. The number of aliphatic hydroxyl groups excluding tert-OH is 1. The van der Waals surface area contributed by atoms with Gasteiger partial charge in [0.05, 0.1) is 70.8 Å². The molecule has 0 radical (unpaired) electrons. The molecule has 4 aromatic rings. The molecule has 7 N–H and O–H groups in total. The topological polar surface area (TPSA) is 357 Å². The average Bonchev–Trinajstić information content (AvgIpc) is 1.68. The van der Waals surface area contributed by atoms with Crippen molar-refractivity contribution in [2.75, 3.05) is 47.5 Å². The van der Waals surface area contributed by atoms with E-state index < -0.39 is 89.4 Å². The monoisotopic (exact) mass is 1650 g/mol. The first-order valence-electron chi connectivity index (χ1n) is 39.3. The second kappa shape index (κ2) is 40.3. The molecule has 8 amide bonds. The van der Waals surface area contributed by atoms with Gasteiger partial charge in [0.2, 0.25) is 23.6 Å². The van der Waals surface area contributed by atoms with Gasteiger partial charge in [0.1, 0.15) is 47.5 Å². The first kappa shape index (κ1) is 94.2. The van der Waals surface area contributed by atoms with Crippen molar-refractivity contribution in [1.82, 2.24) is 61.9 Å². The third-order valence-corrected chi connectivity index (χ3v) is 20.9. The van der Waals surface area contributed by atoms with Crippen LogP contribution in [0.25, 0.3) is 27.9 Å². The maximum Gasteiger partial charge on any atom is 0.486 e. The Morgan fingerprint density at radius 1 is 0.544 bits per heavy atom. The van der Waals surface area contributed by atoms with Crippen LogP contribution in [0.2, 0.25) is 0 Å². The van der Waals surface area contributed by atoms with E-state index in [2.05, 4.69) is 48.0 Å². The van der Waals surface area contributed by atoms with E-state index in [-0.39, 0.29) is 70.7 Å². The third-order valence-electron chi connectivity index (χ3n) is 20.4. The summed E-state index contributed by atoms with van der Waals surface area (Å²) in [4.78, 5) is 143. The van der Waals surface area contributed by atoms with Gasteiger partial charge in [0, 0.05) is 48.5 Å². The van der Waals surface area contributed by atoms with Crippen LogP contribution >= 0.6 is 15.9 Å². The van der Waals surface area contributed by atoms with E-state index in [9.17, 15) is 47.9 Å². The van der Waals surface area contributed by atoms with Crippen molar-refractivity contribution >= 4 is 110 Å². The molecule has 628 valence electrons. The predicted octanol–water partition coefficient (Wildman–Crippen LogP) is 10.9. The fraction of sp³-hybridized carbons (Fsp3) is 0.614. The molecule has 2 aromatic heterocycles. The zero-order chi connectivity index (χ0) is 85.3. The van der Waals surface area contributed by atoms with E-state index in [4.69, 9.17) is 43.3 Å². The molecule has 29 nitrogen and oxygen atoms in total. The molecule has 114 heavy (non-hydrogen) atoms. The van der Waals surface area contributed by atoms with E-state index in [1.807, 2.05) is 110 Å². The van der Waals surface area contributed by atoms with Gasteiger partial charge in [-0.25, -0.2) is 20.4 Å². The molecular weight excluding hydrogens is 1530 g/mol. The molecule has 5 aliphatic rings. The lowest BCUT2D eigenvalue weighted by molar-refractivity contribution is -0.148. The summed E-state index contributed by atoms with van der Waals surface area (Å²) in [5.41, 5.74) is 6.84. The first-order valence-corrected chi connectivity index (χ1v) is 40.1. The van der Waals surface area contributed by atoms with Gasteiger partial charge in [-0.3, -0.25) is 58.3 Å². The van der Waals surface area contributed by atoms with Crippen LogP contribution in [0.15, 0.2) is 83.3 Å². The Labute approximate surface area is 681 Å². The number of likely N-dealkylation sites (tertiary alicyclic amines) is 2.